The summed E-state index contributed by atoms with van der Waals surface area (Å²) >= 11 is 0. The lowest BCUT2D eigenvalue weighted by molar-refractivity contribution is -0.132. The van der Waals surface area contributed by atoms with Crippen molar-refractivity contribution in [1.82, 2.24) is 19.2 Å². The maximum absolute atomic E-state index is 12.5. The Morgan fingerprint density at radius 1 is 1.17 bits per heavy atom. The first kappa shape index (κ1) is 21.5. The minimum Gasteiger partial charge on any atom is -0.343 e. The molecular weight excluding hydrogens is 388 g/mol. The first-order chi connectivity index (χ1) is 13.7. The second-order valence-electron chi connectivity index (χ2n) is 8.54. The Balaban J connectivity index is 1.47. The predicted octanol–water partition coefficient (Wildman–Crippen LogP) is 2.71. The van der Waals surface area contributed by atoms with E-state index in [2.05, 4.69) is 35.0 Å². The summed E-state index contributed by atoms with van der Waals surface area (Å²) in [6.45, 7) is 7.71. The third-order valence-corrected chi connectivity index (χ3v) is 6.90. The molecule has 158 valence electrons. The van der Waals surface area contributed by atoms with Gasteiger partial charge in [-0.2, -0.15) is 0 Å². The molecule has 0 radical (unpaired) electrons. The molecule has 0 bridgehead atoms. The molecule has 1 fully saturated rings. The van der Waals surface area contributed by atoms with E-state index in [1.54, 1.807) is 18.3 Å². The summed E-state index contributed by atoms with van der Waals surface area (Å²) in [5.74, 6) is -0.0140. The third-order valence-electron chi connectivity index (χ3n) is 5.43. The molecule has 0 aliphatic carbocycles. The van der Waals surface area contributed by atoms with Gasteiger partial charge in [-0.15, -0.1) is 0 Å². The molecule has 29 heavy (non-hydrogen) atoms. The van der Waals surface area contributed by atoms with Crippen LogP contribution in [-0.2, 0) is 20.2 Å². The highest BCUT2D eigenvalue weighted by molar-refractivity contribution is 7.89. The SMILES string of the molecule is CC(C)(C)c1ccc(S(=O)(=O)NCCC(=O)N2CCC(n3ccnc3)CC2)cc1. The Morgan fingerprint density at radius 2 is 1.83 bits per heavy atom. The van der Waals surface area contributed by atoms with Crippen LogP contribution in [0.1, 0.15) is 51.6 Å². The number of hydrogen-bond donors (Lipinski definition) is 1. The molecule has 0 unspecified atom stereocenters. The van der Waals surface area contributed by atoms with E-state index in [0.717, 1.165) is 18.4 Å². The minimum absolute atomic E-state index is 0.0140. The number of aromatic nitrogens is 2. The molecule has 1 N–H and O–H groups in total. The summed E-state index contributed by atoms with van der Waals surface area (Å²) in [6.07, 6.45) is 7.45. The molecule has 1 aliphatic rings. The number of sulfonamides is 1. The smallest absolute Gasteiger partial charge is 0.240 e. The van der Waals surface area contributed by atoms with Crippen molar-refractivity contribution in [3.05, 3.63) is 48.5 Å². The number of carbonyl (C=O) groups is 1. The highest BCUT2D eigenvalue weighted by Crippen LogP contribution is 2.24. The Bertz CT molecular complexity index is 908. The van der Waals surface area contributed by atoms with Gasteiger partial charge < -0.3 is 9.47 Å². The highest BCUT2D eigenvalue weighted by Gasteiger charge is 2.24. The lowest BCUT2D eigenvalue weighted by Gasteiger charge is -2.32. The van der Waals surface area contributed by atoms with Crippen molar-refractivity contribution >= 4 is 15.9 Å². The summed E-state index contributed by atoms with van der Waals surface area (Å²) in [6, 6.07) is 7.28. The summed E-state index contributed by atoms with van der Waals surface area (Å²) in [5, 5.41) is 0. The molecule has 0 spiro atoms. The van der Waals surface area contributed by atoms with Gasteiger partial charge in [-0.25, -0.2) is 18.1 Å². The molecule has 8 heteroatoms. The quantitative estimate of drug-likeness (QED) is 0.782. The van der Waals surface area contributed by atoms with Crippen LogP contribution in [0.3, 0.4) is 0 Å². The molecule has 1 aromatic heterocycles. The van der Waals surface area contributed by atoms with E-state index in [1.165, 1.54) is 0 Å². The van der Waals surface area contributed by atoms with Crippen LogP contribution in [0, 0.1) is 0 Å². The number of carbonyl (C=O) groups excluding carboxylic acids is 1. The molecule has 2 aromatic rings. The summed E-state index contributed by atoms with van der Waals surface area (Å²) < 4.78 is 29.6. The van der Waals surface area contributed by atoms with Gasteiger partial charge in [0.15, 0.2) is 0 Å². The fourth-order valence-electron chi connectivity index (χ4n) is 3.57. The zero-order valence-electron chi connectivity index (χ0n) is 17.3. The minimum atomic E-state index is -3.62. The van der Waals surface area contributed by atoms with Gasteiger partial charge in [0.05, 0.1) is 11.2 Å². The van der Waals surface area contributed by atoms with Gasteiger partial charge >= 0.3 is 0 Å². The van der Waals surface area contributed by atoms with E-state index in [4.69, 9.17) is 0 Å². The Labute approximate surface area is 173 Å². The Morgan fingerprint density at radius 3 is 2.38 bits per heavy atom. The number of hydrogen-bond acceptors (Lipinski definition) is 4. The van der Waals surface area contributed by atoms with E-state index in [9.17, 15) is 13.2 Å². The maximum atomic E-state index is 12.5. The number of imidazole rings is 1. The van der Waals surface area contributed by atoms with Crippen LogP contribution in [0.5, 0.6) is 0 Å². The zero-order chi connectivity index (χ0) is 21.1. The van der Waals surface area contributed by atoms with E-state index >= 15 is 0 Å². The third kappa shape index (κ3) is 5.45. The van der Waals surface area contributed by atoms with Crippen molar-refractivity contribution in [1.29, 1.82) is 0 Å². The monoisotopic (exact) mass is 418 g/mol. The van der Waals surface area contributed by atoms with Gasteiger partial charge in [0.2, 0.25) is 15.9 Å². The van der Waals surface area contributed by atoms with Gasteiger partial charge in [-0.3, -0.25) is 4.79 Å². The number of nitrogens with one attached hydrogen (secondary N) is 1. The second-order valence-corrected chi connectivity index (χ2v) is 10.3. The van der Waals surface area contributed by atoms with Crippen LogP contribution in [0.4, 0.5) is 0 Å². The molecular formula is C21H30N4O3S. The van der Waals surface area contributed by atoms with E-state index < -0.39 is 10.0 Å². The van der Waals surface area contributed by atoms with Crippen molar-refractivity contribution < 1.29 is 13.2 Å². The van der Waals surface area contributed by atoms with Crippen LogP contribution in [0.15, 0.2) is 47.9 Å². The predicted molar refractivity (Wildman–Crippen MR) is 112 cm³/mol. The number of likely N-dealkylation sites (tertiary alicyclic amines) is 1. The van der Waals surface area contributed by atoms with E-state index in [0.29, 0.717) is 19.1 Å². The first-order valence-electron chi connectivity index (χ1n) is 10.0. The molecule has 3 rings (SSSR count). The fraction of sp³-hybridized carbons (Fsp3) is 0.524. The van der Waals surface area contributed by atoms with E-state index in [-0.39, 0.29) is 29.2 Å². The highest BCUT2D eigenvalue weighted by atomic mass is 32.2. The van der Waals surface area contributed by atoms with Crippen LogP contribution >= 0.6 is 0 Å². The normalized spacial score (nSPS) is 16.2. The van der Waals surface area contributed by atoms with E-state index in [1.807, 2.05) is 29.6 Å². The number of nitrogens with zero attached hydrogens (tertiary/aromatic N) is 3. The molecule has 1 amide bonds. The fourth-order valence-corrected chi connectivity index (χ4v) is 4.60. The summed E-state index contributed by atoms with van der Waals surface area (Å²) in [4.78, 5) is 18.6. The van der Waals surface area contributed by atoms with Crippen molar-refractivity contribution in [3.63, 3.8) is 0 Å². The van der Waals surface area contributed by atoms with Crippen molar-refractivity contribution in [2.45, 2.75) is 56.4 Å². The standard InChI is InChI=1S/C21H30N4O3S/c1-21(2,3)17-4-6-19(7-5-17)29(27,28)23-11-8-20(26)24-13-9-18(10-14-24)25-15-12-22-16-25/h4-7,12,15-16,18,23H,8-11,13-14H2,1-3H3. The van der Waals surface area contributed by atoms with Gasteiger partial charge in [0, 0.05) is 44.5 Å². The van der Waals surface area contributed by atoms with Crippen LogP contribution < -0.4 is 4.72 Å². The Hall–Kier alpha value is -2.19. The van der Waals surface area contributed by atoms with Crippen molar-refractivity contribution in [2.24, 2.45) is 0 Å². The number of amides is 1. The lowest BCUT2D eigenvalue weighted by atomic mass is 9.87. The maximum Gasteiger partial charge on any atom is 0.240 e. The van der Waals surface area contributed by atoms with Crippen LogP contribution in [0.2, 0.25) is 0 Å². The van der Waals surface area contributed by atoms with Gasteiger partial charge in [0.25, 0.3) is 0 Å². The Kier molecular flexibility index (Phi) is 6.43. The number of piperidine rings is 1. The zero-order valence-corrected chi connectivity index (χ0v) is 18.2. The molecule has 2 heterocycles. The molecule has 7 nitrogen and oxygen atoms in total. The van der Waals surface area contributed by atoms with Gasteiger partial charge in [-0.05, 0) is 36.0 Å². The van der Waals surface area contributed by atoms with Crippen LogP contribution in [0.25, 0.3) is 0 Å². The lowest BCUT2D eigenvalue weighted by Crippen LogP contribution is -2.40. The number of rotatable bonds is 6. The molecule has 0 saturated carbocycles. The molecule has 1 aromatic carbocycles. The molecule has 0 atom stereocenters. The van der Waals surface area contributed by atoms with Crippen LogP contribution in [-0.4, -0.2) is 48.4 Å². The molecule has 1 saturated heterocycles. The van der Waals surface area contributed by atoms with Crippen molar-refractivity contribution in [3.8, 4) is 0 Å². The van der Waals surface area contributed by atoms with Crippen molar-refractivity contribution in [2.75, 3.05) is 19.6 Å². The molecule has 1 aliphatic heterocycles. The summed E-state index contributed by atoms with van der Waals surface area (Å²) in [5.41, 5.74) is 1.04. The number of benzene rings is 1. The average molecular weight is 419 g/mol. The largest absolute Gasteiger partial charge is 0.343 e. The second kappa shape index (κ2) is 8.67. The first-order valence-corrected chi connectivity index (χ1v) is 11.5. The van der Waals surface area contributed by atoms with Gasteiger partial charge in [0.1, 0.15) is 0 Å². The van der Waals surface area contributed by atoms with Gasteiger partial charge in [-0.1, -0.05) is 32.9 Å². The topological polar surface area (TPSA) is 84.3 Å². The summed E-state index contributed by atoms with van der Waals surface area (Å²) in [7, 11) is -3.62. The average Bonchev–Trinajstić information content (AvgIpc) is 3.22.